The van der Waals surface area contributed by atoms with Gasteiger partial charge >= 0.3 is 5.69 Å². The average Bonchev–Trinajstić information content (AvgIpc) is 2.62. The first kappa shape index (κ1) is 17.3. The molecular weight excluding hydrogens is 318 g/mol. The van der Waals surface area contributed by atoms with Crippen LogP contribution < -0.4 is 9.47 Å². The lowest BCUT2D eigenvalue weighted by molar-refractivity contribution is -0.385. The molecule has 1 aliphatic heterocycles. The second-order valence-corrected chi connectivity index (χ2v) is 6.62. The van der Waals surface area contributed by atoms with Gasteiger partial charge < -0.3 is 9.47 Å². The number of benzene rings is 2. The van der Waals surface area contributed by atoms with E-state index in [1.54, 1.807) is 18.2 Å². The van der Waals surface area contributed by atoms with Gasteiger partial charge in [-0.05, 0) is 74.4 Å². The number of nitrogens with zero attached hydrogens (tertiary/aromatic N) is 1. The van der Waals surface area contributed by atoms with Crippen molar-refractivity contribution in [3.8, 4) is 11.5 Å². The predicted molar refractivity (Wildman–Crippen MR) is 96.7 cm³/mol. The summed E-state index contributed by atoms with van der Waals surface area (Å²) in [6, 6.07) is 6.44. The first-order chi connectivity index (χ1) is 11.9. The SMILES string of the molecule is Cc1c(C)c(C)c2c(c1C)CCC(COc1ccccc1[N+](=O)[O-])O2. The van der Waals surface area contributed by atoms with Crippen LogP contribution in [0.25, 0.3) is 0 Å². The third kappa shape index (κ3) is 3.18. The second-order valence-electron chi connectivity index (χ2n) is 6.62. The highest BCUT2D eigenvalue weighted by Gasteiger charge is 2.26. The van der Waals surface area contributed by atoms with Crippen LogP contribution >= 0.6 is 0 Å². The maximum atomic E-state index is 11.1. The van der Waals surface area contributed by atoms with E-state index in [1.807, 2.05) is 0 Å². The maximum Gasteiger partial charge on any atom is 0.310 e. The molecule has 2 aromatic carbocycles. The summed E-state index contributed by atoms with van der Waals surface area (Å²) in [5.74, 6) is 1.25. The number of rotatable bonds is 4. The molecular formula is C20H23NO4. The molecule has 25 heavy (non-hydrogen) atoms. The highest BCUT2D eigenvalue weighted by molar-refractivity contribution is 5.55. The van der Waals surface area contributed by atoms with Crippen molar-refractivity contribution in [3.63, 3.8) is 0 Å². The Balaban J connectivity index is 1.78. The van der Waals surface area contributed by atoms with Gasteiger partial charge in [0.15, 0.2) is 5.75 Å². The molecule has 1 heterocycles. The van der Waals surface area contributed by atoms with E-state index >= 15 is 0 Å². The maximum absolute atomic E-state index is 11.1. The quantitative estimate of drug-likeness (QED) is 0.602. The largest absolute Gasteiger partial charge is 0.486 e. The monoisotopic (exact) mass is 341 g/mol. The molecule has 0 saturated heterocycles. The molecule has 5 nitrogen and oxygen atoms in total. The number of hydrogen-bond donors (Lipinski definition) is 0. The van der Waals surface area contributed by atoms with Crippen molar-refractivity contribution in [1.82, 2.24) is 0 Å². The third-order valence-corrected chi connectivity index (χ3v) is 5.24. The van der Waals surface area contributed by atoms with Gasteiger partial charge in [0, 0.05) is 6.07 Å². The summed E-state index contributed by atoms with van der Waals surface area (Å²) in [6.07, 6.45) is 1.68. The van der Waals surface area contributed by atoms with E-state index in [9.17, 15) is 10.1 Å². The Morgan fingerprint density at radius 2 is 1.80 bits per heavy atom. The van der Waals surface area contributed by atoms with Crippen molar-refractivity contribution in [1.29, 1.82) is 0 Å². The van der Waals surface area contributed by atoms with Gasteiger partial charge in [-0.2, -0.15) is 0 Å². The summed E-state index contributed by atoms with van der Waals surface area (Å²) >= 11 is 0. The van der Waals surface area contributed by atoms with E-state index < -0.39 is 4.92 Å². The van der Waals surface area contributed by atoms with Crippen molar-refractivity contribution in [2.45, 2.75) is 46.6 Å². The molecule has 3 rings (SSSR count). The summed E-state index contributed by atoms with van der Waals surface area (Å²) in [5.41, 5.74) is 6.33. The van der Waals surface area contributed by atoms with Gasteiger partial charge in [0.1, 0.15) is 18.5 Å². The van der Waals surface area contributed by atoms with E-state index in [4.69, 9.17) is 9.47 Å². The molecule has 5 heteroatoms. The fourth-order valence-electron chi connectivity index (χ4n) is 3.38. The molecule has 0 saturated carbocycles. The van der Waals surface area contributed by atoms with Gasteiger partial charge in [-0.1, -0.05) is 12.1 Å². The fraction of sp³-hybridized carbons (Fsp3) is 0.400. The number of hydrogen-bond acceptors (Lipinski definition) is 4. The Morgan fingerprint density at radius 3 is 2.52 bits per heavy atom. The van der Waals surface area contributed by atoms with Crippen LogP contribution in [-0.2, 0) is 6.42 Å². The number of nitro groups is 1. The van der Waals surface area contributed by atoms with Crippen LogP contribution in [0, 0.1) is 37.8 Å². The highest BCUT2D eigenvalue weighted by Crippen LogP contribution is 2.38. The molecule has 2 aromatic rings. The van der Waals surface area contributed by atoms with E-state index in [0.29, 0.717) is 6.61 Å². The van der Waals surface area contributed by atoms with Crippen LogP contribution in [0.5, 0.6) is 11.5 Å². The van der Waals surface area contributed by atoms with Crippen LogP contribution in [0.4, 0.5) is 5.69 Å². The van der Waals surface area contributed by atoms with Crippen LogP contribution in [-0.4, -0.2) is 17.6 Å². The van der Waals surface area contributed by atoms with Crippen molar-refractivity contribution in [3.05, 3.63) is 62.2 Å². The molecule has 0 spiro atoms. The molecule has 1 aliphatic rings. The highest BCUT2D eigenvalue weighted by atomic mass is 16.6. The Morgan fingerprint density at radius 1 is 1.12 bits per heavy atom. The molecule has 132 valence electrons. The molecule has 1 unspecified atom stereocenters. The first-order valence-corrected chi connectivity index (χ1v) is 8.52. The zero-order chi connectivity index (χ0) is 18.1. The zero-order valence-corrected chi connectivity index (χ0v) is 15.1. The van der Waals surface area contributed by atoms with E-state index in [1.165, 1.54) is 33.9 Å². The summed E-state index contributed by atoms with van der Waals surface area (Å²) in [6.45, 7) is 8.81. The van der Waals surface area contributed by atoms with Crippen molar-refractivity contribution >= 4 is 5.69 Å². The predicted octanol–water partition coefficient (Wildman–Crippen LogP) is 4.60. The van der Waals surface area contributed by atoms with Crippen LogP contribution in [0.1, 0.15) is 34.2 Å². The van der Waals surface area contributed by atoms with Crippen LogP contribution in [0.2, 0.25) is 0 Å². The summed E-state index contributed by atoms with van der Waals surface area (Å²) in [7, 11) is 0. The number of nitro benzene ring substituents is 1. The Bertz CT molecular complexity index is 829. The molecule has 1 atom stereocenters. The Labute approximate surface area is 147 Å². The molecule has 0 amide bonds. The van der Waals surface area contributed by atoms with Crippen molar-refractivity contribution in [2.75, 3.05) is 6.61 Å². The van der Waals surface area contributed by atoms with Crippen molar-refractivity contribution in [2.24, 2.45) is 0 Å². The van der Waals surface area contributed by atoms with Gasteiger partial charge in [0.2, 0.25) is 0 Å². The van der Waals surface area contributed by atoms with Crippen LogP contribution in [0.15, 0.2) is 24.3 Å². The third-order valence-electron chi connectivity index (χ3n) is 5.24. The molecule has 0 radical (unpaired) electrons. The summed E-state index contributed by atoms with van der Waals surface area (Å²) in [5, 5.41) is 11.1. The van der Waals surface area contributed by atoms with Gasteiger partial charge in [0.05, 0.1) is 4.92 Å². The smallest absolute Gasteiger partial charge is 0.310 e. The van der Waals surface area contributed by atoms with Gasteiger partial charge in [-0.25, -0.2) is 0 Å². The zero-order valence-electron chi connectivity index (χ0n) is 15.1. The standard InChI is InChI=1S/C20H23NO4/c1-12-13(2)15(4)20-17(14(12)3)10-9-16(25-20)11-24-19-8-6-5-7-18(19)21(22)23/h5-8,16H,9-11H2,1-4H3. The Hall–Kier alpha value is -2.56. The summed E-state index contributed by atoms with van der Waals surface area (Å²) < 4.78 is 11.9. The number of para-hydroxylation sites is 2. The lowest BCUT2D eigenvalue weighted by Gasteiger charge is -2.30. The topological polar surface area (TPSA) is 61.6 Å². The minimum absolute atomic E-state index is 0.0165. The molecule has 0 bridgehead atoms. The summed E-state index contributed by atoms with van der Waals surface area (Å²) in [4.78, 5) is 10.7. The molecule has 0 aromatic heterocycles. The Kier molecular flexibility index (Phi) is 4.66. The van der Waals surface area contributed by atoms with Gasteiger partial charge in [-0.3, -0.25) is 10.1 Å². The lowest BCUT2D eigenvalue weighted by Crippen LogP contribution is -2.30. The minimum Gasteiger partial charge on any atom is -0.486 e. The molecule has 0 N–H and O–H groups in total. The fourth-order valence-corrected chi connectivity index (χ4v) is 3.38. The normalized spacial score (nSPS) is 16.1. The second kappa shape index (κ2) is 6.75. The molecule has 0 aliphatic carbocycles. The van der Waals surface area contributed by atoms with E-state index in [2.05, 4.69) is 27.7 Å². The van der Waals surface area contributed by atoms with Gasteiger partial charge in [-0.15, -0.1) is 0 Å². The van der Waals surface area contributed by atoms with Gasteiger partial charge in [0.25, 0.3) is 0 Å². The molecule has 0 fully saturated rings. The number of ether oxygens (including phenoxy) is 2. The average molecular weight is 341 g/mol. The van der Waals surface area contributed by atoms with Crippen molar-refractivity contribution < 1.29 is 14.4 Å². The van der Waals surface area contributed by atoms with E-state index in [0.717, 1.165) is 18.6 Å². The lowest BCUT2D eigenvalue weighted by atomic mass is 9.89. The van der Waals surface area contributed by atoms with E-state index in [-0.39, 0.29) is 17.5 Å². The first-order valence-electron chi connectivity index (χ1n) is 8.52. The number of fused-ring (bicyclic) bond motifs is 1. The minimum atomic E-state index is -0.425. The van der Waals surface area contributed by atoms with Crippen LogP contribution in [0.3, 0.4) is 0 Å².